The predicted molar refractivity (Wildman–Crippen MR) is 79.7 cm³/mol. The minimum absolute atomic E-state index is 0.00366. The summed E-state index contributed by atoms with van der Waals surface area (Å²) >= 11 is 0. The number of aromatic nitrogens is 2. The normalized spacial score (nSPS) is 22.6. The SMILES string of the molecule is CCCNc1cncc(C(=O)N2CC(C)CC(C)C2)n1. The highest BCUT2D eigenvalue weighted by Gasteiger charge is 2.27. The van der Waals surface area contributed by atoms with E-state index in [9.17, 15) is 4.79 Å². The Kier molecular flexibility index (Phi) is 4.93. The van der Waals surface area contributed by atoms with E-state index in [1.54, 1.807) is 12.4 Å². The number of nitrogens with zero attached hydrogens (tertiary/aromatic N) is 3. The van der Waals surface area contributed by atoms with Crippen LogP contribution in [0.5, 0.6) is 0 Å². The molecule has 0 aliphatic carbocycles. The van der Waals surface area contributed by atoms with Gasteiger partial charge in [0.1, 0.15) is 11.5 Å². The number of hydrogen-bond donors (Lipinski definition) is 1. The summed E-state index contributed by atoms with van der Waals surface area (Å²) < 4.78 is 0. The lowest BCUT2D eigenvalue weighted by Crippen LogP contribution is -2.42. The summed E-state index contributed by atoms with van der Waals surface area (Å²) in [6, 6.07) is 0. The number of carbonyl (C=O) groups excluding carboxylic acids is 1. The molecular formula is C15H24N4O. The zero-order valence-corrected chi connectivity index (χ0v) is 12.6. The van der Waals surface area contributed by atoms with Crippen LogP contribution in [0.2, 0.25) is 0 Å². The van der Waals surface area contributed by atoms with Crippen molar-refractivity contribution < 1.29 is 4.79 Å². The largest absolute Gasteiger partial charge is 0.369 e. The number of carbonyl (C=O) groups is 1. The number of rotatable bonds is 4. The zero-order valence-electron chi connectivity index (χ0n) is 12.6. The van der Waals surface area contributed by atoms with Crippen LogP contribution in [0.15, 0.2) is 12.4 Å². The first-order chi connectivity index (χ1) is 9.60. The van der Waals surface area contributed by atoms with Crippen LogP contribution in [0.3, 0.4) is 0 Å². The van der Waals surface area contributed by atoms with Crippen molar-refractivity contribution in [3.05, 3.63) is 18.1 Å². The standard InChI is InChI=1S/C15H24N4O/c1-4-5-17-14-8-16-7-13(18-14)15(20)19-9-11(2)6-12(3)10-19/h7-8,11-12H,4-6,9-10H2,1-3H3,(H,17,18). The molecule has 2 unspecified atom stereocenters. The molecule has 20 heavy (non-hydrogen) atoms. The van der Waals surface area contributed by atoms with Gasteiger partial charge in [-0.05, 0) is 24.7 Å². The summed E-state index contributed by atoms with van der Waals surface area (Å²) in [5.41, 5.74) is 0.437. The van der Waals surface area contributed by atoms with Gasteiger partial charge in [-0.25, -0.2) is 4.98 Å². The highest BCUT2D eigenvalue weighted by Crippen LogP contribution is 2.22. The third-order valence-electron chi connectivity index (χ3n) is 3.57. The molecule has 1 aromatic heterocycles. The first kappa shape index (κ1) is 14.8. The topological polar surface area (TPSA) is 58.1 Å². The molecule has 1 aliphatic heterocycles. The molecule has 1 aromatic rings. The van der Waals surface area contributed by atoms with Crippen LogP contribution in [-0.4, -0.2) is 40.4 Å². The molecule has 0 saturated carbocycles. The van der Waals surface area contributed by atoms with Gasteiger partial charge in [0.25, 0.3) is 5.91 Å². The van der Waals surface area contributed by atoms with Crippen molar-refractivity contribution in [2.45, 2.75) is 33.6 Å². The van der Waals surface area contributed by atoms with Crippen LogP contribution in [0.1, 0.15) is 44.1 Å². The van der Waals surface area contributed by atoms with Crippen LogP contribution in [0.4, 0.5) is 5.82 Å². The van der Waals surface area contributed by atoms with Crippen molar-refractivity contribution in [3.8, 4) is 0 Å². The van der Waals surface area contributed by atoms with Crippen molar-refractivity contribution in [2.75, 3.05) is 25.0 Å². The molecule has 1 saturated heterocycles. The van der Waals surface area contributed by atoms with E-state index in [-0.39, 0.29) is 5.91 Å². The van der Waals surface area contributed by atoms with E-state index in [1.165, 1.54) is 6.42 Å². The monoisotopic (exact) mass is 276 g/mol. The highest BCUT2D eigenvalue weighted by atomic mass is 16.2. The summed E-state index contributed by atoms with van der Waals surface area (Å²) in [5, 5.41) is 3.17. The Morgan fingerprint density at radius 3 is 2.70 bits per heavy atom. The minimum atomic E-state index is -0.00366. The smallest absolute Gasteiger partial charge is 0.274 e. The molecule has 0 spiro atoms. The second kappa shape index (κ2) is 6.68. The van der Waals surface area contributed by atoms with Crippen molar-refractivity contribution in [1.82, 2.24) is 14.9 Å². The minimum Gasteiger partial charge on any atom is -0.369 e. The van der Waals surface area contributed by atoms with E-state index in [2.05, 4.69) is 36.1 Å². The average Bonchev–Trinajstić information content (AvgIpc) is 2.43. The summed E-state index contributed by atoms with van der Waals surface area (Å²) in [5.74, 6) is 1.78. The highest BCUT2D eigenvalue weighted by molar-refractivity contribution is 5.92. The number of hydrogen-bond acceptors (Lipinski definition) is 4. The summed E-state index contributed by atoms with van der Waals surface area (Å²) in [6.07, 6.45) is 5.42. The molecule has 5 heteroatoms. The van der Waals surface area contributed by atoms with Crippen molar-refractivity contribution >= 4 is 11.7 Å². The summed E-state index contributed by atoms with van der Waals surface area (Å²) in [7, 11) is 0. The Morgan fingerprint density at radius 1 is 1.35 bits per heavy atom. The molecule has 2 atom stereocenters. The average molecular weight is 276 g/mol. The van der Waals surface area contributed by atoms with Crippen molar-refractivity contribution in [2.24, 2.45) is 11.8 Å². The van der Waals surface area contributed by atoms with Gasteiger partial charge in [0.2, 0.25) is 0 Å². The lowest BCUT2D eigenvalue weighted by molar-refractivity contribution is 0.0617. The van der Waals surface area contributed by atoms with Crippen molar-refractivity contribution in [3.63, 3.8) is 0 Å². The van der Waals surface area contributed by atoms with Crippen LogP contribution < -0.4 is 5.32 Å². The maximum Gasteiger partial charge on any atom is 0.274 e. The molecule has 0 aromatic carbocycles. The Morgan fingerprint density at radius 2 is 2.05 bits per heavy atom. The molecule has 2 heterocycles. The fourth-order valence-electron chi connectivity index (χ4n) is 2.80. The summed E-state index contributed by atoms with van der Waals surface area (Å²) in [4.78, 5) is 22.9. The van der Waals surface area contributed by atoms with Crippen LogP contribution >= 0.6 is 0 Å². The van der Waals surface area contributed by atoms with Crippen LogP contribution in [-0.2, 0) is 0 Å². The summed E-state index contributed by atoms with van der Waals surface area (Å²) in [6.45, 7) is 8.95. The van der Waals surface area contributed by atoms with Gasteiger partial charge in [-0.3, -0.25) is 9.78 Å². The molecule has 0 radical (unpaired) electrons. The van der Waals surface area contributed by atoms with Gasteiger partial charge in [0, 0.05) is 19.6 Å². The second-order valence-electron chi connectivity index (χ2n) is 5.87. The predicted octanol–water partition coefficient (Wildman–Crippen LogP) is 2.42. The van der Waals surface area contributed by atoms with Gasteiger partial charge < -0.3 is 10.2 Å². The molecule has 0 bridgehead atoms. The number of piperidine rings is 1. The lowest BCUT2D eigenvalue weighted by atomic mass is 9.92. The van der Waals surface area contributed by atoms with Gasteiger partial charge in [-0.2, -0.15) is 0 Å². The fourth-order valence-corrected chi connectivity index (χ4v) is 2.80. The van der Waals surface area contributed by atoms with Gasteiger partial charge in [0.15, 0.2) is 0 Å². The Labute approximate surface area is 120 Å². The molecule has 1 aliphatic rings. The molecule has 110 valence electrons. The van der Waals surface area contributed by atoms with Crippen LogP contribution in [0, 0.1) is 11.8 Å². The first-order valence-electron chi connectivity index (χ1n) is 7.45. The quantitative estimate of drug-likeness (QED) is 0.917. The number of amides is 1. The Bertz CT molecular complexity index is 453. The van der Waals surface area contributed by atoms with Crippen LogP contribution in [0.25, 0.3) is 0 Å². The molecule has 1 fully saturated rings. The molecule has 1 amide bonds. The van der Waals surface area contributed by atoms with E-state index in [4.69, 9.17) is 0 Å². The zero-order chi connectivity index (χ0) is 14.5. The van der Waals surface area contributed by atoms with Gasteiger partial charge in [-0.15, -0.1) is 0 Å². The van der Waals surface area contributed by atoms with Gasteiger partial charge in [-0.1, -0.05) is 20.8 Å². The van der Waals surface area contributed by atoms with Gasteiger partial charge in [0.05, 0.1) is 12.4 Å². The maximum atomic E-state index is 12.5. The molecule has 5 nitrogen and oxygen atoms in total. The third kappa shape index (κ3) is 3.68. The van der Waals surface area contributed by atoms with E-state index < -0.39 is 0 Å². The fraction of sp³-hybridized carbons (Fsp3) is 0.667. The second-order valence-corrected chi connectivity index (χ2v) is 5.87. The molecule has 1 N–H and O–H groups in total. The van der Waals surface area contributed by atoms with E-state index >= 15 is 0 Å². The Hall–Kier alpha value is -1.65. The lowest BCUT2D eigenvalue weighted by Gasteiger charge is -2.34. The Balaban J connectivity index is 2.08. The maximum absolute atomic E-state index is 12.5. The van der Waals surface area contributed by atoms with E-state index in [0.717, 1.165) is 26.1 Å². The molecular weight excluding hydrogens is 252 g/mol. The number of nitrogens with one attached hydrogen (secondary N) is 1. The third-order valence-corrected chi connectivity index (χ3v) is 3.57. The van der Waals surface area contributed by atoms with Crippen molar-refractivity contribution in [1.29, 1.82) is 0 Å². The first-order valence-corrected chi connectivity index (χ1v) is 7.45. The number of likely N-dealkylation sites (tertiary alicyclic amines) is 1. The van der Waals surface area contributed by atoms with Gasteiger partial charge >= 0.3 is 0 Å². The van der Waals surface area contributed by atoms with E-state index in [0.29, 0.717) is 23.3 Å². The number of anilines is 1. The molecule has 2 rings (SSSR count). The van der Waals surface area contributed by atoms with E-state index in [1.807, 2.05) is 4.90 Å².